The predicted molar refractivity (Wildman–Crippen MR) is 131 cm³/mol. The summed E-state index contributed by atoms with van der Waals surface area (Å²) in [6.07, 6.45) is -0.352. The van der Waals surface area contributed by atoms with Gasteiger partial charge in [0.05, 0.1) is 5.75 Å². The Bertz CT molecular complexity index is 1330. The van der Waals surface area contributed by atoms with Crippen LogP contribution in [0.3, 0.4) is 0 Å². The average Bonchev–Trinajstić information content (AvgIpc) is 3.37. The van der Waals surface area contributed by atoms with Crippen molar-refractivity contribution in [1.82, 2.24) is 19.3 Å². The highest BCUT2D eigenvalue weighted by molar-refractivity contribution is 7.99. The lowest BCUT2D eigenvalue weighted by Crippen LogP contribution is -2.24. The molecule has 0 fully saturated rings. The first-order valence-corrected chi connectivity index (χ1v) is 12.1. The zero-order valence-corrected chi connectivity index (χ0v) is 20.2. The lowest BCUT2D eigenvalue weighted by Gasteiger charge is -2.25. The van der Waals surface area contributed by atoms with Gasteiger partial charge in [-0.2, -0.15) is 0 Å². The second-order valence-corrected chi connectivity index (χ2v) is 9.27. The number of hydrogen-bond acceptors (Lipinski definition) is 6. The molecular formula is C26H26N4O3S. The first-order chi connectivity index (χ1) is 16.5. The highest BCUT2D eigenvalue weighted by Crippen LogP contribution is 2.35. The van der Waals surface area contributed by atoms with Gasteiger partial charge in [0.1, 0.15) is 6.61 Å². The van der Waals surface area contributed by atoms with Gasteiger partial charge in [0.15, 0.2) is 34.4 Å². The molecule has 174 valence electrons. The fourth-order valence-corrected chi connectivity index (χ4v) is 4.98. The summed E-state index contributed by atoms with van der Waals surface area (Å²) in [6, 6.07) is 19.8. The zero-order chi connectivity index (χ0) is 23.7. The molecule has 1 aliphatic rings. The van der Waals surface area contributed by atoms with Crippen LogP contribution in [0.25, 0.3) is 0 Å². The Morgan fingerprint density at radius 2 is 1.79 bits per heavy atom. The van der Waals surface area contributed by atoms with Gasteiger partial charge in [0.25, 0.3) is 0 Å². The first kappa shape index (κ1) is 22.3. The van der Waals surface area contributed by atoms with E-state index < -0.39 is 0 Å². The largest absolute Gasteiger partial charge is 0.485 e. The smallest absolute Gasteiger partial charge is 0.192 e. The van der Waals surface area contributed by atoms with Crippen LogP contribution in [0, 0.1) is 13.8 Å². The summed E-state index contributed by atoms with van der Waals surface area (Å²) in [4.78, 5) is 13.1. The van der Waals surface area contributed by atoms with E-state index in [1.54, 1.807) is 0 Å². The number of carbonyl (C=O) groups is 1. The maximum Gasteiger partial charge on any atom is 0.192 e. The van der Waals surface area contributed by atoms with Crippen molar-refractivity contribution in [3.63, 3.8) is 0 Å². The summed E-state index contributed by atoms with van der Waals surface area (Å²) in [5.41, 5.74) is 4.02. The first-order valence-electron chi connectivity index (χ1n) is 11.2. The van der Waals surface area contributed by atoms with Gasteiger partial charge in [0, 0.05) is 30.5 Å². The Hall–Kier alpha value is -3.52. The van der Waals surface area contributed by atoms with E-state index in [-0.39, 0.29) is 17.6 Å². The Kier molecular flexibility index (Phi) is 6.15. The number of aromatic nitrogens is 4. The molecule has 4 aromatic rings. The van der Waals surface area contributed by atoms with E-state index in [0.29, 0.717) is 23.3 Å². The number of para-hydroxylation sites is 2. The van der Waals surface area contributed by atoms with Gasteiger partial charge in [-0.05, 0) is 37.6 Å². The van der Waals surface area contributed by atoms with Crippen LogP contribution >= 0.6 is 11.8 Å². The molecule has 2 aromatic heterocycles. The van der Waals surface area contributed by atoms with Crippen LogP contribution in [0.1, 0.15) is 39.2 Å². The van der Waals surface area contributed by atoms with Gasteiger partial charge in [0.2, 0.25) is 0 Å². The molecule has 8 heteroatoms. The van der Waals surface area contributed by atoms with E-state index in [9.17, 15) is 4.79 Å². The molecule has 0 radical (unpaired) electrons. The number of carbonyl (C=O) groups excluding carboxylic acids is 1. The predicted octanol–water partition coefficient (Wildman–Crippen LogP) is 4.77. The van der Waals surface area contributed by atoms with E-state index in [1.165, 1.54) is 17.3 Å². The number of nitrogens with zero attached hydrogens (tertiary/aromatic N) is 4. The van der Waals surface area contributed by atoms with Crippen LogP contribution in [0.15, 0.2) is 65.8 Å². The molecular weight excluding hydrogens is 448 g/mol. The van der Waals surface area contributed by atoms with Crippen molar-refractivity contribution in [3.05, 3.63) is 89.0 Å². The number of benzene rings is 2. The van der Waals surface area contributed by atoms with Crippen LogP contribution in [0.5, 0.6) is 11.5 Å². The molecule has 0 unspecified atom stereocenters. The topological polar surface area (TPSA) is 71.2 Å². The Balaban J connectivity index is 1.26. The Labute approximate surface area is 202 Å². The summed E-state index contributed by atoms with van der Waals surface area (Å²) in [5.74, 6) is 2.45. The van der Waals surface area contributed by atoms with Crippen LogP contribution < -0.4 is 9.47 Å². The molecule has 0 saturated heterocycles. The molecule has 0 saturated carbocycles. The van der Waals surface area contributed by atoms with E-state index in [4.69, 9.17) is 9.47 Å². The van der Waals surface area contributed by atoms with Gasteiger partial charge in [-0.3, -0.25) is 4.79 Å². The van der Waals surface area contributed by atoms with Crippen LogP contribution in [-0.4, -0.2) is 37.5 Å². The third-order valence-electron chi connectivity index (χ3n) is 6.06. The number of Topliss-reactive ketones (excluding diaryl/α,β-unsaturated/α-hetero) is 1. The Morgan fingerprint density at radius 3 is 2.59 bits per heavy atom. The second-order valence-electron chi connectivity index (χ2n) is 8.33. The number of aryl methyl sites for hydroxylation is 1. The maximum atomic E-state index is 13.1. The standard InChI is InChI=1S/C26H26N4O3S/c1-17-13-20(18(2)30(17)14-19-9-5-4-6-10-19)21(31)16-34-26-28-27-25(29(26)3)24-15-32-22-11-7-8-12-23(22)33-24/h4-13,24H,14-16H2,1-3H3/t24-/m1/s1. The van der Waals surface area contributed by atoms with Crippen LogP contribution in [0.4, 0.5) is 0 Å². The number of fused-ring (bicyclic) bond motifs is 1. The fourth-order valence-electron chi connectivity index (χ4n) is 4.18. The zero-order valence-electron chi connectivity index (χ0n) is 19.4. The molecule has 2 aromatic carbocycles. The number of rotatable bonds is 7. The molecule has 5 rings (SSSR count). The molecule has 3 heterocycles. The summed E-state index contributed by atoms with van der Waals surface area (Å²) < 4.78 is 15.9. The van der Waals surface area contributed by atoms with Crippen LogP contribution in [0.2, 0.25) is 0 Å². The average molecular weight is 475 g/mol. The van der Waals surface area contributed by atoms with Crippen molar-refractivity contribution in [2.75, 3.05) is 12.4 Å². The van der Waals surface area contributed by atoms with Gasteiger partial charge < -0.3 is 18.6 Å². The second kappa shape index (κ2) is 9.38. The number of thioether (sulfide) groups is 1. The molecule has 34 heavy (non-hydrogen) atoms. The summed E-state index contributed by atoms with van der Waals surface area (Å²) in [6.45, 7) is 5.16. The molecule has 0 spiro atoms. The lowest BCUT2D eigenvalue weighted by molar-refractivity contribution is 0.0825. The van der Waals surface area contributed by atoms with Gasteiger partial charge in [-0.1, -0.05) is 54.2 Å². The third kappa shape index (κ3) is 4.33. The minimum Gasteiger partial charge on any atom is -0.485 e. The normalized spacial score (nSPS) is 14.9. The molecule has 0 bridgehead atoms. The van der Waals surface area contributed by atoms with Gasteiger partial charge >= 0.3 is 0 Å². The Morgan fingerprint density at radius 1 is 1.06 bits per heavy atom. The van der Waals surface area contributed by atoms with Crippen LogP contribution in [-0.2, 0) is 13.6 Å². The summed E-state index contributed by atoms with van der Waals surface area (Å²) >= 11 is 1.38. The summed E-state index contributed by atoms with van der Waals surface area (Å²) in [5, 5.41) is 9.28. The molecule has 0 N–H and O–H groups in total. The minimum atomic E-state index is -0.352. The van der Waals surface area contributed by atoms with Crippen molar-refractivity contribution in [2.45, 2.75) is 31.7 Å². The van der Waals surface area contributed by atoms with E-state index >= 15 is 0 Å². The monoisotopic (exact) mass is 474 g/mol. The highest BCUT2D eigenvalue weighted by atomic mass is 32.2. The highest BCUT2D eigenvalue weighted by Gasteiger charge is 2.27. The van der Waals surface area contributed by atoms with Crippen molar-refractivity contribution >= 4 is 17.5 Å². The van der Waals surface area contributed by atoms with E-state index in [2.05, 4.69) is 26.9 Å². The molecule has 0 amide bonds. The van der Waals surface area contributed by atoms with Crippen molar-refractivity contribution < 1.29 is 14.3 Å². The lowest BCUT2D eigenvalue weighted by atomic mass is 10.2. The maximum absolute atomic E-state index is 13.1. The summed E-state index contributed by atoms with van der Waals surface area (Å²) in [7, 11) is 1.89. The molecule has 7 nitrogen and oxygen atoms in total. The molecule has 0 aliphatic carbocycles. The number of hydrogen-bond donors (Lipinski definition) is 0. The minimum absolute atomic E-state index is 0.0770. The third-order valence-corrected chi connectivity index (χ3v) is 7.08. The van der Waals surface area contributed by atoms with Gasteiger partial charge in [-0.15, -0.1) is 10.2 Å². The van der Waals surface area contributed by atoms with Gasteiger partial charge in [-0.25, -0.2) is 0 Å². The van der Waals surface area contributed by atoms with E-state index in [1.807, 2.05) is 74.0 Å². The molecule has 1 atom stereocenters. The quantitative estimate of drug-likeness (QED) is 0.284. The number of ketones is 1. The molecule has 1 aliphatic heterocycles. The fraction of sp³-hybridized carbons (Fsp3) is 0.269. The SMILES string of the molecule is Cc1cc(C(=O)CSc2nnc([C@H]3COc4ccccc4O3)n2C)c(C)n1Cc1ccccc1. The van der Waals surface area contributed by atoms with Crippen molar-refractivity contribution in [2.24, 2.45) is 7.05 Å². The van der Waals surface area contributed by atoms with Crippen molar-refractivity contribution in [1.29, 1.82) is 0 Å². The van der Waals surface area contributed by atoms with E-state index in [0.717, 1.165) is 29.2 Å². The number of ether oxygens (including phenoxy) is 2. The van der Waals surface area contributed by atoms with Crippen molar-refractivity contribution in [3.8, 4) is 11.5 Å².